The van der Waals surface area contributed by atoms with Gasteiger partial charge < -0.3 is 4.42 Å². The van der Waals surface area contributed by atoms with Crippen molar-refractivity contribution in [3.05, 3.63) is 11.8 Å². The molecule has 0 aliphatic heterocycles. The van der Waals surface area contributed by atoms with Gasteiger partial charge in [0.2, 0.25) is 11.8 Å². The Bertz CT molecular complexity index is 220. The summed E-state index contributed by atoms with van der Waals surface area (Å²) in [6.07, 6.45) is 2.05. The first-order chi connectivity index (χ1) is 5.22. The van der Waals surface area contributed by atoms with Crippen LogP contribution in [0.5, 0.6) is 0 Å². The Hall–Kier alpha value is -0.860. The van der Waals surface area contributed by atoms with Crippen molar-refractivity contribution >= 4 is 0 Å². The summed E-state index contributed by atoms with van der Waals surface area (Å²) in [6.45, 7) is 6.15. The Kier molecular flexibility index (Phi) is 2.63. The van der Waals surface area contributed by atoms with Crippen molar-refractivity contribution in [3.8, 4) is 0 Å². The lowest BCUT2D eigenvalue weighted by Crippen LogP contribution is -1.97. The number of aromatic nitrogens is 2. The van der Waals surface area contributed by atoms with Crippen molar-refractivity contribution in [2.75, 3.05) is 0 Å². The number of hydrogen-bond acceptors (Lipinski definition) is 3. The fourth-order valence-corrected chi connectivity index (χ4v) is 0.862. The van der Waals surface area contributed by atoms with E-state index in [1.807, 2.05) is 6.92 Å². The summed E-state index contributed by atoms with van der Waals surface area (Å²) in [7, 11) is 0. The van der Waals surface area contributed by atoms with Crippen LogP contribution in [0.1, 0.15) is 32.0 Å². The smallest absolute Gasteiger partial charge is 0.216 e. The highest BCUT2D eigenvalue weighted by Gasteiger charge is 2.06. The Balaban J connectivity index is 2.50. The van der Waals surface area contributed by atoms with Gasteiger partial charge in [0.05, 0.1) is 0 Å². The molecule has 0 aromatic carbocycles. The van der Waals surface area contributed by atoms with Crippen LogP contribution in [0.2, 0.25) is 0 Å². The van der Waals surface area contributed by atoms with Gasteiger partial charge in [-0.3, -0.25) is 0 Å². The van der Waals surface area contributed by atoms with Crippen LogP contribution in [0, 0.1) is 12.8 Å². The Morgan fingerprint density at radius 2 is 2.18 bits per heavy atom. The SMILES string of the molecule is CCC(C)Cc1nnc(C)o1. The largest absolute Gasteiger partial charge is 0.426 e. The molecule has 3 heteroatoms. The molecule has 0 fully saturated rings. The summed E-state index contributed by atoms with van der Waals surface area (Å²) in [5.74, 6) is 2.05. The average Bonchev–Trinajstić information content (AvgIpc) is 2.35. The van der Waals surface area contributed by atoms with Crippen molar-refractivity contribution in [1.29, 1.82) is 0 Å². The second-order valence-electron chi connectivity index (χ2n) is 2.93. The van der Waals surface area contributed by atoms with Gasteiger partial charge in [0, 0.05) is 13.3 Å². The Morgan fingerprint density at radius 3 is 2.64 bits per heavy atom. The van der Waals surface area contributed by atoms with Gasteiger partial charge in [-0.2, -0.15) is 0 Å². The predicted octanol–water partition coefficient (Wildman–Crippen LogP) is 1.97. The third-order valence-electron chi connectivity index (χ3n) is 1.79. The van der Waals surface area contributed by atoms with Crippen LogP contribution in [0.25, 0.3) is 0 Å². The fraction of sp³-hybridized carbons (Fsp3) is 0.750. The number of hydrogen-bond donors (Lipinski definition) is 0. The van der Waals surface area contributed by atoms with Crippen molar-refractivity contribution in [3.63, 3.8) is 0 Å². The minimum absolute atomic E-state index is 0.634. The molecule has 0 bridgehead atoms. The maximum atomic E-state index is 5.23. The zero-order valence-electron chi connectivity index (χ0n) is 7.29. The minimum Gasteiger partial charge on any atom is -0.426 e. The maximum Gasteiger partial charge on any atom is 0.216 e. The van der Waals surface area contributed by atoms with E-state index >= 15 is 0 Å². The summed E-state index contributed by atoms with van der Waals surface area (Å²) in [5, 5.41) is 7.67. The van der Waals surface area contributed by atoms with Crippen LogP contribution in [0.15, 0.2) is 4.42 Å². The first kappa shape index (κ1) is 8.24. The number of nitrogens with zero attached hydrogens (tertiary/aromatic N) is 2. The molecule has 11 heavy (non-hydrogen) atoms. The molecule has 0 aliphatic rings. The number of rotatable bonds is 3. The lowest BCUT2D eigenvalue weighted by Gasteiger charge is -2.01. The molecule has 0 N–H and O–H groups in total. The van der Waals surface area contributed by atoms with E-state index in [-0.39, 0.29) is 0 Å². The van der Waals surface area contributed by atoms with Crippen LogP contribution in [0.4, 0.5) is 0 Å². The molecule has 3 nitrogen and oxygen atoms in total. The first-order valence-electron chi connectivity index (χ1n) is 4.01. The van der Waals surface area contributed by atoms with E-state index in [1.165, 1.54) is 0 Å². The van der Waals surface area contributed by atoms with Gasteiger partial charge in [0.25, 0.3) is 0 Å². The molecule has 0 aliphatic carbocycles. The monoisotopic (exact) mass is 154 g/mol. The summed E-state index contributed by atoms with van der Waals surface area (Å²) in [4.78, 5) is 0. The second-order valence-corrected chi connectivity index (χ2v) is 2.93. The van der Waals surface area contributed by atoms with Gasteiger partial charge in [-0.25, -0.2) is 0 Å². The zero-order valence-corrected chi connectivity index (χ0v) is 7.29. The average molecular weight is 154 g/mol. The van der Waals surface area contributed by atoms with Crippen molar-refractivity contribution in [2.45, 2.75) is 33.6 Å². The zero-order chi connectivity index (χ0) is 8.27. The van der Waals surface area contributed by atoms with E-state index < -0.39 is 0 Å². The summed E-state index contributed by atoms with van der Waals surface area (Å²) < 4.78 is 5.23. The van der Waals surface area contributed by atoms with Crippen LogP contribution >= 0.6 is 0 Å². The standard InChI is InChI=1S/C8H14N2O/c1-4-6(2)5-8-10-9-7(3)11-8/h6H,4-5H2,1-3H3. The van der Waals surface area contributed by atoms with E-state index in [4.69, 9.17) is 4.42 Å². The molecule has 0 saturated carbocycles. The molecule has 1 heterocycles. The molecule has 1 rings (SSSR count). The van der Waals surface area contributed by atoms with Gasteiger partial charge in [0.15, 0.2) is 0 Å². The summed E-state index contributed by atoms with van der Waals surface area (Å²) >= 11 is 0. The third-order valence-corrected chi connectivity index (χ3v) is 1.79. The molecule has 62 valence electrons. The van der Waals surface area contributed by atoms with Gasteiger partial charge in [-0.1, -0.05) is 20.3 Å². The minimum atomic E-state index is 0.634. The van der Waals surface area contributed by atoms with E-state index in [9.17, 15) is 0 Å². The van der Waals surface area contributed by atoms with E-state index in [1.54, 1.807) is 0 Å². The molecular formula is C8H14N2O. The number of aryl methyl sites for hydroxylation is 1. The van der Waals surface area contributed by atoms with Gasteiger partial charge >= 0.3 is 0 Å². The highest BCUT2D eigenvalue weighted by Crippen LogP contribution is 2.09. The van der Waals surface area contributed by atoms with Crippen LogP contribution in [-0.4, -0.2) is 10.2 Å². The first-order valence-corrected chi connectivity index (χ1v) is 4.01. The Labute approximate surface area is 66.8 Å². The molecule has 0 radical (unpaired) electrons. The molecule has 0 saturated heterocycles. The Morgan fingerprint density at radius 1 is 1.45 bits per heavy atom. The normalized spacial score (nSPS) is 13.4. The van der Waals surface area contributed by atoms with Crippen LogP contribution < -0.4 is 0 Å². The van der Waals surface area contributed by atoms with E-state index in [2.05, 4.69) is 24.0 Å². The molecule has 1 atom stereocenters. The molecule has 1 aromatic heterocycles. The lowest BCUT2D eigenvalue weighted by atomic mass is 10.1. The van der Waals surface area contributed by atoms with Gasteiger partial charge in [-0.15, -0.1) is 10.2 Å². The summed E-state index contributed by atoms with van der Waals surface area (Å²) in [6, 6.07) is 0. The van der Waals surface area contributed by atoms with Crippen molar-refractivity contribution < 1.29 is 4.42 Å². The topological polar surface area (TPSA) is 38.9 Å². The molecular weight excluding hydrogens is 140 g/mol. The molecule has 0 spiro atoms. The molecule has 1 aromatic rings. The molecule has 1 unspecified atom stereocenters. The highest BCUT2D eigenvalue weighted by molar-refractivity contribution is 4.80. The van der Waals surface area contributed by atoms with Crippen LogP contribution in [-0.2, 0) is 6.42 Å². The predicted molar refractivity (Wildman–Crippen MR) is 42.2 cm³/mol. The molecule has 0 amide bonds. The fourth-order valence-electron chi connectivity index (χ4n) is 0.862. The quantitative estimate of drug-likeness (QED) is 0.668. The van der Waals surface area contributed by atoms with Gasteiger partial charge in [-0.05, 0) is 5.92 Å². The van der Waals surface area contributed by atoms with E-state index in [0.717, 1.165) is 18.7 Å². The highest BCUT2D eigenvalue weighted by atomic mass is 16.4. The lowest BCUT2D eigenvalue weighted by molar-refractivity contribution is 0.422. The second kappa shape index (κ2) is 3.51. The summed E-state index contributed by atoms with van der Waals surface area (Å²) in [5.41, 5.74) is 0. The van der Waals surface area contributed by atoms with Gasteiger partial charge in [0.1, 0.15) is 0 Å². The third kappa shape index (κ3) is 2.33. The maximum absolute atomic E-state index is 5.23. The van der Waals surface area contributed by atoms with Crippen LogP contribution in [0.3, 0.4) is 0 Å². The van der Waals surface area contributed by atoms with Crippen molar-refractivity contribution in [1.82, 2.24) is 10.2 Å². The van der Waals surface area contributed by atoms with E-state index in [0.29, 0.717) is 11.8 Å². The van der Waals surface area contributed by atoms with Crippen molar-refractivity contribution in [2.24, 2.45) is 5.92 Å².